The molecule has 3 aromatic heterocycles. The third-order valence-electron chi connectivity index (χ3n) is 4.54. The molecule has 7 heteroatoms. The summed E-state index contributed by atoms with van der Waals surface area (Å²) in [5.74, 6) is -0.160. The van der Waals surface area contributed by atoms with E-state index in [1.165, 1.54) is 21.0 Å². The summed E-state index contributed by atoms with van der Waals surface area (Å²) < 4.78 is 1.48. The molecule has 3 heterocycles. The van der Waals surface area contributed by atoms with Gasteiger partial charge in [-0.05, 0) is 60.5 Å². The Labute approximate surface area is 144 Å². The van der Waals surface area contributed by atoms with Crippen LogP contribution in [0.15, 0.2) is 30.5 Å². The number of tetrazole rings is 1. The quantitative estimate of drug-likeness (QED) is 0.602. The normalized spacial score (nSPS) is 11.3. The van der Waals surface area contributed by atoms with Crippen molar-refractivity contribution in [3.05, 3.63) is 58.4 Å². The van der Waals surface area contributed by atoms with Gasteiger partial charge in [-0.1, -0.05) is 11.6 Å². The zero-order valence-corrected chi connectivity index (χ0v) is 14.3. The van der Waals surface area contributed by atoms with Crippen molar-refractivity contribution in [1.29, 1.82) is 0 Å². The van der Waals surface area contributed by atoms with E-state index in [0.717, 1.165) is 16.8 Å². The highest BCUT2D eigenvalue weighted by molar-refractivity contribution is 5.94. The molecule has 0 unspecified atom stereocenters. The van der Waals surface area contributed by atoms with Crippen LogP contribution >= 0.6 is 0 Å². The van der Waals surface area contributed by atoms with Gasteiger partial charge in [-0.25, -0.2) is 0 Å². The largest absolute Gasteiger partial charge is 0.358 e. The summed E-state index contributed by atoms with van der Waals surface area (Å²) in [6.07, 6.45) is 1.62. The summed E-state index contributed by atoms with van der Waals surface area (Å²) >= 11 is 0. The highest BCUT2D eigenvalue weighted by atomic mass is 16.1. The Bertz CT molecular complexity index is 1110. The topological polar surface area (TPSA) is 88.0 Å². The first-order valence-corrected chi connectivity index (χ1v) is 8.07. The van der Waals surface area contributed by atoms with Gasteiger partial charge in [-0.15, -0.1) is 5.10 Å². The number of carbonyl (C=O) groups excluding carboxylic acids is 1. The zero-order valence-electron chi connectivity index (χ0n) is 14.3. The number of aromatic amines is 1. The van der Waals surface area contributed by atoms with E-state index in [2.05, 4.69) is 58.7 Å². The van der Waals surface area contributed by atoms with Crippen LogP contribution in [0.2, 0.25) is 0 Å². The van der Waals surface area contributed by atoms with Gasteiger partial charge in [0.15, 0.2) is 5.65 Å². The lowest BCUT2D eigenvalue weighted by atomic mass is 10.0. The van der Waals surface area contributed by atoms with E-state index in [9.17, 15) is 4.79 Å². The molecule has 4 aromatic rings. The molecule has 25 heavy (non-hydrogen) atoms. The number of H-pyrrole nitrogens is 1. The molecule has 2 N–H and O–H groups in total. The average Bonchev–Trinajstić information content (AvgIpc) is 3.17. The van der Waals surface area contributed by atoms with Crippen molar-refractivity contribution in [2.24, 2.45) is 0 Å². The maximum absolute atomic E-state index is 12.5. The van der Waals surface area contributed by atoms with Gasteiger partial charge in [-0.2, -0.15) is 4.52 Å². The van der Waals surface area contributed by atoms with Crippen LogP contribution in [0.25, 0.3) is 16.6 Å². The van der Waals surface area contributed by atoms with Gasteiger partial charge in [0.1, 0.15) is 0 Å². The van der Waals surface area contributed by atoms with E-state index in [0.29, 0.717) is 17.8 Å². The van der Waals surface area contributed by atoms with E-state index in [-0.39, 0.29) is 5.91 Å². The number of hydrogen-bond acceptors (Lipinski definition) is 4. The predicted molar refractivity (Wildman–Crippen MR) is 94.5 cm³/mol. The highest BCUT2D eigenvalue weighted by Crippen LogP contribution is 2.26. The van der Waals surface area contributed by atoms with Crippen LogP contribution in [0.5, 0.6) is 0 Å². The first-order chi connectivity index (χ1) is 12.0. The Kier molecular flexibility index (Phi) is 3.49. The van der Waals surface area contributed by atoms with Gasteiger partial charge >= 0.3 is 0 Å². The Morgan fingerprint density at radius 1 is 1.24 bits per heavy atom. The van der Waals surface area contributed by atoms with Gasteiger partial charge in [-0.3, -0.25) is 4.79 Å². The molecule has 126 valence electrons. The molecule has 0 saturated carbocycles. The molecule has 0 bridgehead atoms. The minimum absolute atomic E-state index is 0.160. The molecule has 0 spiro atoms. The lowest BCUT2D eigenvalue weighted by Crippen LogP contribution is -2.23. The van der Waals surface area contributed by atoms with Crippen LogP contribution < -0.4 is 5.32 Å². The number of fused-ring (bicyclic) bond motifs is 2. The number of hydrogen-bond donors (Lipinski definition) is 2. The van der Waals surface area contributed by atoms with Crippen LogP contribution in [-0.2, 0) is 6.54 Å². The second kappa shape index (κ2) is 5.70. The predicted octanol–water partition coefficient (Wildman–Crippen LogP) is 2.46. The van der Waals surface area contributed by atoms with E-state index in [4.69, 9.17) is 0 Å². The van der Waals surface area contributed by atoms with Gasteiger partial charge in [0.2, 0.25) is 0 Å². The Balaban J connectivity index is 1.61. The molecule has 0 aliphatic carbocycles. The second-order valence-corrected chi connectivity index (χ2v) is 6.30. The summed E-state index contributed by atoms with van der Waals surface area (Å²) in [5, 5.41) is 15.4. The maximum atomic E-state index is 12.5. The lowest BCUT2D eigenvalue weighted by molar-refractivity contribution is 0.0950. The van der Waals surface area contributed by atoms with Crippen molar-refractivity contribution < 1.29 is 4.79 Å². The molecule has 0 aliphatic rings. The molecule has 4 rings (SSSR count). The average molecular weight is 334 g/mol. The van der Waals surface area contributed by atoms with Gasteiger partial charge in [0, 0.05) is 23.8 Å². The fourth-order valence-corrected chi connectivity index (χ4v) is 3.08. The fourth-order valence-electron chi connectivity index (χ4n) is 3.08. The first-order valence-electron chi connectivity index (χ1n) is 8.07. The van der Waals surface area contributed by atoms with E-state index in [1.807, 2.05) is 0 Å². The minimum Gasteiger partial charge on any atom is -0.358 e. The number of pyridine rings is 1. The van der Waals surface area contributed by atoms with Gasteiger partial charge < -0.3 is 10.3 Å². The van der Waals surface area contributed by atoms with Crippen molar-refractivity contribution >= 4 is 22.5 Å². The molecule has 0 radical (unpaired) electrons. The maximum Gasteiger partial charge on any atom is 0.253 e. The second-order valence-electron chi connectivity index (χ2n) is 6.30. The summed E-state index contributed by atoms with van der Waals surface area (Å²) in [4.78, 5) is 15.9. The van der Waals surface area contributed by atoms with Crippen molar-refractivity contribution in [2.75, 3.05) is 0 Å². The molecule has 0 saturated heterocycles. The van der Waals surface area contributed by atoms with E-state index >= 15 is 0 Å². The molecule has 1 aromatic carbocycles. The van der Waals surface area contributed by atoms with Crippen molar-refractivity contribution in [2.45, 2.75) is 27.3 Å². The highest BCUT2D eigenvalue weighted by Gasteiger charge is 2.12. The van der Waals surface area contributed by atoms with Crippen LogP contribution in [0.4, 0.5) is 0 Å². The summed E-state index contributed by atoms with van der Waals surface area (Å²) in [6.45, 7) is 6.69. The number of nitrogens with one attached hydrogen (secondary N) is 2. The first kappa shape index (κ1) is 15.3. The molecule has 1 amide bonds. The fraction of sp³-hybridized carbons (Fsp3) is 0.222. The van der Waals surface area contributed by atoms with E-state index in [1.54, 1.807) is 18.3 Å². The van der Waals surface area contributed by atoms with E-state index < -0.39 is 0 Å². The van der Waals surface area contributed by atoms with Crippen LogP contribution in [0.3, 0.4) is 0 Å². The minimum atomic E-state index is -0.160. The molecule has 0 fully saturated rings. The van der Waals surface area contributed by atoms with Gasteiger partial charge in [0.05, 0.1) is 11.1 Å². The standard InChI is InChI=1S/C18H18N6O/c1-10-6-14(17-15(7-10)11(2)12(3)20-17)8-19-18(25)13-4-5-16-21-22-23-24(16)9-13/h4-7,9,20H,8H2,1-3H3,(H,19,25). The van der Waals surface area contributed by atoms with Crippen molar-refractivity contribution in [3.63, 3.8) is 0 Å². The van der Waals surface area contributed by atoms with Gasteiger partial charge in [0.25, 0.3) is 5.91 Å². The number of amides is 1. The molecular formula is C18H18N6O. The number of benzene rings is 1. The summed E-state index contributed by atoms with van der Waals surface area (Å²) in [7, 11) is 0. The molecule has 7 nitrogen and oxygen atoms in total. The SMILES string of the molecule is Cc1cc(CNC(=O)c2ccc3nnnn3c2)c2[nH]c(C)c(C)c2c1. The number of aryl methyl sites for hydroxylation is 3. The number of carbonyl (C=O) groups is 1. The van der Waals surface area contributed by atoms with Crippen LogP contribution in [0.1, 0.15) is 32.7 Å². The Hall–Kier alpha value is -3.22. The monoisotopic (exact) mass is 334 g/mol. The third kappa shape index (κ3) is 2.63. The van der Waals surface area contributed by atoms with Crippen molar-refractivity contribution in [1.82, 2.24) is 30.3 Å². The molecule has 0 atom stereocenters. The zero-order chi connectivity index (χ0) is 17.6. The molecular weight excluding hydrogens is 316 g/mol. The lowest BCUT2D eigenvalue weighted by Gasteiger charge is -2.08. The number of rotatable bonds is 3. The van der Waals surface area contributed by atoms with Crippen LogP contribution in [0, 0.1) is 20.8 Å². The summed E-state index contributed by atoms with van der Waals surface area (Å²) in [6, 6.07) is 7.71. The summed E-state index contributed by atoms with van der Waals surface area (Å²) in [5.41, 5.74) is 6.85. The van der Waals surface area contributed by atoms with Crippen molar-refractivity contribution in [3.8, 4) is 0 Å². The number of nitrogens with zero attached hydrogens (tertiary/aromatic N) is 4. The number of aromatic nitrogens is 5. The smallest absolute Gasteiger partial charge is 0.253 e. The van der Waals surface area contributed by atoms with Crippen LogP contribution in [-0.4, -0.2) is 30.9 Å². The Morgan fingerprint density at radius 2 is 2.08 bits per heavy atom. The third-order valence-corrected chi connectivity index (χ3v) is 4.54. The Morgan fingerprint density at radius 3 is 2.92 bits per heavy atom. The molecule has 0 aliphatic heterocycles.